The number of aromatic amines is 1. The van der Waals surface area contributed by atoms with Crippen LogP contribution in [0.5, 0.6) is 0 Å². The Kier molecular flexibility index (Phi) is 2.93. The molecule has 0 bridgehead atoms. The Hall–Kier alpha value is -1.07. The first-order valence-electron chi connectivity index (χ1n) is 4.71. The van der Waals surface area contributed by atoms with Crippen molar-refractivity contribution in [3.63, 3.8) is 0 Å². The predicted molar refractivity (Wildman–Crippen MR) is 54.9 cm³/mol. The van der Waals surface area contributed by atoms with Crippen LogP contribution in [0, 0.1) is 0 Å². The first-order valence-corrected chi connectivity index (χ1v) is 5.25. The summed E-state index contributed by atoms with van der Waals surface area (Å²) in [6.07, 6.45) is 2.28. The Morgan fingerprint density at radius 1 is 1.80 bits per heavy atom. The molecule has 1 unspecified atom stereocenters. The number of alkyl halides is 1. The van der Waals surface area contributed by atoms with Gasteiger partial charge >= 0.3 is 0 Å². The van der Waals surface area contributed by atoms with E-state index in [9.17, 15) is 4.79 Å². The van der Waals surface area contributed by atoms with Gasteiger partial charge in [0, 0.05) is 18.7 Å². The van der Waals surface area contributed by atoms with Gasteiger partial charge in [-0.15, -0.1) is 11.6 Å². The quantitative estimate of drug-likeness (QED) is 0.744. The Morgan fingerprint density at radius 3 is 3.20 bits per heavy atom. The molecule has 0 saturated carbocycles. The number of carbonyl (C=O) groups excluding carboxylic acids is 1. The van der Waals surface area contributed by atoms with Crippen molar-refractivity contribution in [2.45, 2.75) is 12.0 Å². The van der Waals surface area contributed by atoms with Crippen LogP contribution in [0.15, 0.2) is 12.3 Å². The van der Waals surface area contributed by atoms with Crippen LogP contribution in [0.1, 0.15) is 16.9 Å². The third-order valence-corrected chi connectivity index (χ3v) is 2.99. The van der Waals surface area contributed by atoms with Crippen LogP contribution in [-0.4, -0.2) is 40.7 Å². The molecule has 2 rings (SSSR count). The fourth-order valence-electron chi connectivity index (χ4n) is 1.54. The molecule has 1 amide bonds. The van der Waals surface area contributed by atoms with Gasteiger partial charge in [0.1, 0.15) is 5.69 Å². The van der Waals surface area contributed by atoms with Gasteiger partial charge in [-0.2, -0.15) is 5.10 Å². The molecule has 1 saturated heterocycles. The lowest BCUT2D eigenvalue weighted by molar-refractivity contribution is 0.0886. The molecule has 15 heavy (non-hydrogen) atoms. The molecule has 1 fully saturated rings. The molecule has 1 aliphatic heterocycles. The number of rotatable bonds is 3. The molecule has 1 aromatic heterocycles. The largest absolute Gasteiger partial charge is 0.379 e. The summed E-state index contributed by atoms with van der Waals surface area (Å²) < 4.78 is 5.24. The summed E-state index contributed by atoms with van der Waals surface area (Å²) in [5.41, 5.74) is 0.00964. The summed E-state index contributed by atoms with van der Waals surface area (Å²) in [7, 11) is 0. The van der Waals surface area contributed by atoms with Crippen LogP contribution >= 0.6 is 11.6 Å². The van der Waals surface area contributed by atoms with Crippen molar-refractivity contribution in [2.75, 3.05) is 19.1 Å². The lowest BCUT2D eigenvalue weighted by atomic mass is 10.0. The molecule has 6 heteroatoms. The molecule has 82 valence electrons. The van der Waals surface area contributed by atoms with E-state index < -0.39 is 5.54 Å². The van der Waals surface area contributed by atoms with E-state index in [2.05, 4.69) is 15.5 Å². The Balaban J connectivity index is 2.04. The van der Waals surface area contributed by atoms with E-state index in [0.717, 1.165) is 6.42 Å². The number of aromatic nitrogens is 2. The average molecular weight is 230 g/mol. The number of hydrogen-bond acceptors (Lipinski definition) is 3. The van der Waals surface area contributed by atoms with E-state index in [1.807, 2.05) is 0 Å². The summed E-state index contributed by atoms with van der Waals surface area (Å²) in [5, 5.41) is 9.20. The van der Waals surface area contributed by atoms with Crippen molar-refractivity contribution in [1.82, 2.24) is 15.5 Å². The third-order valence-electron chi connectivity index (χ3n) is 2.48. The average Bonchev–Trinajstić information content (AvgIpc) is 2.88. The maximum Gasteiger partial charge on any atom is 0.269 e. The number of nitrogens with one attached hydrogen (secondary N) is 2. The number of halogens is 1. The topological polar surface area (TPSA) is 67.0 Å². The second kappa shape index (κ2) is 4.20. The predicted octanol–water partition coefficient (Wildman–Crippen LogP) is 0.537. The highest BCUT2D eigenvalue weighted by Crippen LogP contribution is 2.20. The Bertz CT molecular complexity index is 333. The maximum absolute atomic E-state index is 11.7. The minimum absolute atomic E-state index is 0.196. The van der Waals surface area contributed by atoms with Crippen LogP contribution in [0.25, 0.3) is 0 Å². The van der Waals surface area contributed by atoms with Crippen molar-refractivity contribution in [2.24, 2.45) is 0 Å². The smallest absolute Gasteiger partial charge is 0.269 e. The minimum Gasteiger partial charge on any atom is -0.379 e. The van der Waals surface area contributed by atoms with Crippen LogP contribution < -0.4 is 5.32 Å². The van der Waals surface area contributed by atoms with E-state index in [4.69, 9.17) is 16.3 Å². The Labute approximate surface area is 92.1 Å². The van der Waals surface area contributed by atoms with Gasteiger partial charge < -0.3 is 10.1 Å². The van der Waals surface area contributed by atoms with Gasteiger partial charge in [-0.1, -0.05) is 0 Å². The molecule has 1 aromatic rings. The maximum atomic E-state index is 11.7. The molecule has 0 spiro atoms. The highest BCUT2D eigenvalue weighted by molar-refractivity contribution is 6.19. The molecule has 0 radical (unpaired) electrons. The molecule has 0 aliphatic carbocycles. The van der Waals surface area contributed by atoms with E-state index in [0.29, 0.717) is 24.8 Å². The van der Waals surface area contributed by atoms with Crippen LogP contribution in [0.4, 0.5) is 0 Å². The minimum atomic E-state index is -0.427. The Morgan fingerprint density at radius 2 is 2.67 bits per heavy atom. The van der Waals surface area contributed by atoms with E-state index in [1.165, 1.54) is 6.20 Å². The van der Waals surface area contributed by atoms with Gasteiger partial charge in [-0.3, -0.25) is 9.89 Å². The third kappa shape index (κ3) is 2.13. The number of carbonyl (C=O) groups is 1. The van der Waals surface area contributed by atoms with Crippen molar-refractivity contribution >= 4 is 17.5 Å². The molecule has 1 aliphatic rings. The molecule has 2 N–H and O–H groups in total. The summed E-state index contributed by atoms with van der Waals surface area (Å²) in [6.45, 7) is 1.10. The fourth-order valence-corrected chi connectivity index (χ4v) is 1.81. The summed E-state index contributed by atoms with van der Waals surface area (Å²) in [6, 6.07) is 1.62. The zero-order valence-electron chi connectivity index (χ0n) is 8.12. The van der Waals surface area contributed by atoms with Crippen LogP contribution in [0.3, 0.4) is 0 Å². The summed E-state index contributed by atoms with van der Waals surface area (Å²) in [4.78, 5) is 11.7. The molecule has 0 aromatic carbocycles. The van der Waals surface area contributed by atoms with Crippen molar-refractivity contribution in [3.05, 3.63) is 18.0 Å². The first-order chi connectivity index (χ1) is 7.26. The van der Waals surface area contributed by atoms with Gasteiger partial charge in [0.2, 0.25) is 0 Å². The second-order valence-corrected chi connectivity index (χ2v) is 3.91. The normalized spacial score (nSPS) is 25.4. The zero-order valence-corrected chi connectivity index (χ0v) is 8.88. The lowest BCUT2D eigenvalue weighted by Crippen LogP contribution is -2.50. The number of amides is 1. The standard InChI is InChI=1S/C9H12ClN3O2/c10-5-9(2-4-15-6-9)12-8(14)7-1-3-11-13-7/h1,3H,2,4-6H2,(H,11,13)(H,12,14). The summed E-state index contributed by atoms with van der Waals surface area (Å²) in [5.74, 6) is 0.158. The molecule has 5 nitrogen and oxygen atoms in total. The number of hydrogen-bond donors (Lipinski definition) is 2. The van der Waals surface area contributed by atoms with Crippen LogP contribution in [0.2, 0.25) is 0 Å². The van der Waals surface area contributed by atoms with Crippen molar-refractivity contribution < 1.29 is 9.53 Å². The highest BCUT2D eigenvalue weighted by atomic mass is 35.5. The highest BCUT2D eigenvalue weighted by Gasteiger charge is 2.36. The SMILES string of the molecule is O=C(NC1(CCl)CCOC1)c1ccn[nH]1. The fraction of sp³-hybridized carbons (Fsp3) is 0.556. The second-order valence-electron chi connectivity index (χ2n) is 3.64. The van der Waals surface area contributed by atoms with Gasteiger partial charge in [0.05, 0.1) is 12.1 Å². The first kappa shape index (κ1) is 10.4. The molecule has 2 heterocycles. The number of H-pyrrole nitrogens is 1. The number of nitrogens with zero attached hydrogens (tertiary/aromatic N) is 1. The van der Waals surface area contributed by atoms with Crippen molar-refractivity contribution in [3.8, 4) is 0 Å². The van der Waals surface area contributed by atoms with Crippen LogP contribution in [-0.2, 0) is 4.74 Å². The van der Waals surface area contributed by atoms with E-state index in [1.54, 1.807) is 6.07 Å². The monoisotopic (exact) mass is 229 g/mol. The van der Waals surface area contributed by atoms with Crippen molar-refractivity contribution in [1.29, 1.82) is 0 Å². The zero-order chi connectivity index (χ0) is 10.7. The van der Waals surface area contributed by atoms with E-state index >= 15 is 0 Å². The van der Waals surface area contributed by atoms with Gasteiger partial charge in [0.15, 0.2) is 0 Å². The summed E-state index contributed by atoms with van der Waals surface area (Å²) >= 11 is 5.85. The van der Waals surface area contributed by atoms with Gasteiger partial charge in [-0.25, -0.2) is 0 Å². The molecule has 1 atom stereocenters. The van der Waals surface area contributed by atoms with Gasteiger partial charge in [-0.05, 0) is 12.5 Å². The molecular formula is C9H12ClN3O2. The lowest BCUT2D eigenvalue weighted by Gasteiger charge is -2.25. The molecular weight excluding hydrogens is 218 g/mol. The van der Waals surface area contributed by atoms with Gasteiger partial charge in [0.25, 0.3) is 5.91 Å². The van der Waals surface area contributed by atoms with E-state index in [-0.39, 0.29) is 5.91 Å². The number of ether oxygens (including phenoxy) is 1.